The van der Waals surface area contributed by atoms with Gasteiger partial charge in [-0.2, -0.15) is 0 Å². The lowest BCUT2D eigenvalue weighted by Crippen LogP contribution is -2.44. The van der Waals surface area contributed by atoms with Crippen molar-refractivity contribution in [1.82, 2.24) is 0 Å². The number of nitrogens with zero attached hydrogens (tertiary/aromatic N) is 1. The number of anilines is 1. The van der Waals surface area contributed by atoms with Crippen LogP contribution in [0.4, 0.5) is 10.1 Å². The second kappa shape index (κ2) is 7.51. The van der Waals surface area contributed by atoms with Crippen molar-refractivity contribution < 1.29 is 22.3 Å². The van der Waals surface area contributed by atoms with Crippen molar-refractivity contribution in [2.45, 2.75) is 41.0 Å². The topological polar surface area (TPSA) is 63.7 Å². The zero-order valence-corrected chi connectivity index (χ0v) is 15.9. The summed E-state index contributed by atoms with van der Waals surface area (Å²) in [7, 11) is -2.57. The van der Waals surface area contributed by atoms with Crippen LogP contribution in [-0.4, -0.2) is 27.2 Å². The zero-order valence-electron chi connectivity index (χ0n) is 15.1. The first-order valence-electron chi connectivity index (χ1n) is 7.86. The van der Waals surface area contributed by atoms with E-state index < -0.39 is 33.1 Å². The van der Waals surface area contributed by atoms with Crippen LogP contribution in [-0.2, 0) is 14.8 Å². The monoisotopic (exact) mass is 359 g/mol. The molecule has 0 N–H and O–H groups in total. The maximum absolute atomic E-state index is 14.0. The molecule has 0 aliphatic rings. The molecule has 0 fully saturated rings. The summed E-state index contributed by atoms with van der Waals surface area (Å²) in [5.74, 6) is -2.05. The highest BCUT2D eigenvalue weighted by Gasteiger charge is 2.37. The molecule has 0 spiro atoms. The van der Waals surface area contributed by atoms with Crippen LogP contribution in [0, 0.1) is 17.2 Å². The van der Waals surface area contributed by atoms with E-state index in [2.05, 4.69) is 0 Å². The number of ether oxygens (including phenoxy) is 1. The molecule has 0 bridgehead atoms. The molecule has 1 rings (SSSR count). The van der Waals surface area contributed by atoms with Crippen LogP contribution in [0.1, 0.15) is 41.0 Å². The average molecular weight is 359 g/mol. The number of amides is 1. The Kier molecular flexibility index (Phi) is 6.38. The summed E-state index contributed by atoms with van der Waals surface area (Å²) >= 11 is 0. The Morgan fingerprint density at radius 3 is 2.33 bits per heavy atom. The predicted molar refractivity (Wildman–Crippen MR) is 93.1 cm³/mol. The van der Waals surface area contributed by atoms with Crippen molar-refractivity contribution in [2.75, 3.05) is 17.2 Å². The molecule has 7 heteroatoms. The molecule has 1 unspecified atom stereocenters. The summed E-state index contributed by atoms with van der Waals surface area (Å²) in [6.07, 6.45) is 0.356. The third-order valence-corrected chi connectivity index (χ3v) is 5.85. The van der Waals surface area contributed by atoms with Crippen LogP contribution in [0.2, 0.25) is 0 Å². The largest absolute Gasteiger partial charge is 0.494 e. The Balaban J connectivity index is 3.45. The van der Waals surface area contributed by atoms with Crippen LogP contribution < -0.4 is 9.04 Å². The minimum Gasteiger partial charge on any atom is -0.494 e. The first kappa shape index (κ1) is 20.4. The molecule has 0 aromatic heterocycles. The van der Waals surface area contributed by atoms with Gasteiger partial charge in [0.25, 0.3) is 0 Å². The van der Waals surface area contributed by atoms with E-state index in [1.165, 1.54) is 19.2 Å². The Labute approximate surface area is 143 Å². The van der Waals surface area contributed by atoms with Crippen molar-refractivity contribution in [3.05, 3.63) is 24.0 Å². The predicted octanol–water partition coefficient (Wildman–Crippen LogP) is 3.59. The van der Waals surface area contributed by atoms with Gasteiger partial charge in [0.1, 0.15) is 0 Å². The van der Waals surface area contributed by atoms with Crippen molar-refractivity contribution in [1.29, 1.82) is 0 Å². The van der Waals surface area contributed by atoms with Gasteiger partial charge >= 0.3 is 0 Å². The van der Waals surface area contributed by atoms with Crippen molar-refractivity contribution in [3.8, 4) is 5.75 Å². The third-order valence-electron chi connectivity index (χ3n) is 3.98. The highest BCUT2D eigenvalue weighted by Crippen LogP contribution is 2.32. The Morgan fingerprint density at radius 2 is 1.92 bits per heavy atom. The van der Waals surface area contributed by atoms with Crippen molar-refractivity contribution in [3.63, 3.8) is 0 Å². The number of rotatable bonds is 6. The molecule has 1 atom stereocenters. The van der Waals surface area contributed by atoms with Crippen LogP contribution >= 0.6 is 0 Å². The molecule has 5 nitrogen and oxygen atoms in total. The van der Waals surface area contributed by atoms with Gasteiger partial charge in [-0.25, -0.2) is 17.1 Å². The summed E-state index contributed by atoms with van der Waals surface area (Å²) in [5.41, 5.74) is -0.440. The average Bonchev–Trinajstić information content (AvgIpc) is 2.45. The number of carbonyl (C=O) groups is 1. The zero-order chi connectivity index (χ0) is 18.7. The highest BCUT2D eigenvalue weighted by molar-refractivity contribution is 7.93. The van der Waals surface area contributed by atoms with Gasteiger partial charge < -0.3 is 4.74 Å². The van der Waals surface area contributed by atoms with Crippen LogP contribution in [0.3, 0.4) is 0 Å². The smallest absolute Gasteiger partial charge is 0.244 e. The lowest BCUT2D eigenvalue weighted by Gasteiger charge is -2.31. The van der Waals surface area contributed by atoms with E-state index >= 15 is 0 Å². The normalized spacial score (nSPS) is 13.5. The SMILES string of the molecule is CCCS(=O)(=O)N(C(=O)C(C)C(C)(C)C)c1ccc(OC)c(F)c1. The molecule has 0 saturated carbocycles. The Hall–Kier alpha value is -1.63. The molecule has 0 aliphatic heterocycles. The summed E-state index contributed by atoms with van der Waals surface area (Å²) in [6.45, 7) is 8.96. The minimum absolute atomic E-state index is 0.0112. The number of sulfonamides is 1. The number of benzene rings is 1. The molecule has 0 aliphatic carbocycles. The quantitative estimate of drug-likeness (QED) is 0.779. The van der Waals surface area contributed by atoms with E-state index in [0.29, 0.717) is 6.42 Å². The molecular weight excluding hydrogens is 333 g/mol. The number of halogens is 1. The molecule has 0 radical (unpaired) electrons. The number of carbonyl (C=O) groups excluding carboxylic acids is 1. The molecule has 24 heavy (non-hydrogen) atoms. The molecule has 136 valence electrons. The summed E-state index contributed by atoms with van der Waals surface area (Å²) in [6, 6.07) is 3.70. The van der Waals surface area contributed by atoms with E-state index in [1.54, 1.807) is 13.8 Å². The number of methoxy groups -OCH3 is 1. The van der Waals surface area contributed by atoms with Gasteiger partial charge in [-0.1, -0.05) is 34.6 Å². The van der Waals surface area contributed by atoms with Crippen LogP contribution in [0.15, 0.2) is 18.2 Å². The second-order valence-electron chi connectivity index (χ2n) is 6.83. The summed E-state index contributed by atoms with van der Waals surface area (Å²) in [4.78, 5) is 12.9. The molecule has 1 aromatic carbocycles. The van der Waals surface area contributed by atoms with Gasteiger partial charge in [-0.15, -0.1) is 0 Å². The summed E-state index contributed by atoms with van der Waals surface area (Å²) < 4.78 is 44.8. The van der Waals surface area contributed by atoms with Gasteiger partial charge in [0.05, 0.1) is 18.6 Å². The fourth-order valence-electron chi connectivity index (χ4n) is 2.10. The molecule has 0 heterocycles. The minimum atomic E-state index is -3.89. The van der Waals surface area contributed by atoms with Gasteiger partial charge in [0.15, 0.2) is 11.6 Å². The maximum atomic E-state index is 14.0. The van der Waals surface area contributed by atoms with Gasteiger partial charge in [0, 0.05) is 12.0 Å². The standard InChI is InChI=1S/C17H26FNO4S/c1-7-10-24(21,22)19(16(20)12(2)17(3,4)5)13-8-9-15(23-6)14(18)11-13/h8-9,11-12H,7,10H2,1-6H3. The second-order valence-corrected chi connectivity index (χ2v) is 8.76. The van der Waals surface area contributed by atoms with Crippen LogP contribution in [0.25, 0.3) is 0 Å². The van der Waals surface area contributed by atoms with E-state index in [-0.39, 0.29) is 17.2 Å². The third kappa shape index (κ3) is 4.47. The number of hydrogen-bond acceptors (Lipinski definition) is 4. The fraction of sp³-hybridized carbons (Fsp3) is 0.588. The van der Waals surface area contributed by atoms with Crippen LogP contribution in [0.5, 0.6) is 5.75 Å². The van der Waals surface area contributed by atoms with Gasteiger partial charge in [-0.3, -0.25) is 4.79 Å². The van der Waals surface area contributed by atoms with Crippen molar-refractivity contribution >= 4 is 21.6 Å². The van der Waals surface area contributed by atoms with Gasteiger partial charge in [0.2, 0.25) is 15.9 Å². The Morgan fingerprint density at radius 1 is 1.33 bits per heavy atom. The number of hydrogen-bond donors (Lipinski definition) is 0. The van der Waals surface area contributed by atoms with Crippen molar-refractivity contribution in [2.24, 2.45) is 11.3 Å². The first-order valence-corrected chi connectivity index (χ1v) is 9.47. The first-order chi connectivity index (χ1) is 11.0. The lowest BCUT2D eigenvalue weighted by atomic mass is 9.81. The van der Waals surface area contributed by atoms with E-state index in [1.807, 2.05) is 20.8 Å². The summed E-state index contributed by atoms with van der Waals surface area (Å²) in [5, 5.41) is 0. The lowest BCUT2D eigenvalue weighted by molar-refractivity contribution is -0.123. The molecular formula is C17H26FNO4S. The van der Waals surface area contributed by atoms with Gasteiger partial charge in [-0.05, 0) is 24.0 Å². The maximum Gasteiger partial charge on any atom is 0.244 e. The fourth-order valence-corrected chi connectivity index (χ4v) is 3.67. The van der Waals surface area contributed by atoms with E-state index in [4.69, 9.17) is 4.74 Å². The molecule has 1 amide bonds. The van der Waals surface area contributed by atoms with E-state index in [9.17, 15) is 17.6 Å². The van der Waals surface area contributed by atoms with E-state index in [0.717, 1.165) is 10.4 Å². The highest BCUT2D eigenvalue weighted by atomic mass is 32.2. The Bertz CT molecular complexity index is 695. The molecule has 0 saturated heterocycles. The molecule has 1 aromatic rings.